The van der Waals surface area contributed by atoms with Crippen LogP contribution in [-0.2, 0) is 16.0 Å². The van der Waals surface area contributed by atoms with Gasteiger partial charge in [0.2, 0.25) is 11.8 Å². The molecule has 7 heteroatoms. The van der Waals surface area contributed by atoms with E-state index in [4.69, 9.17) is 0 Å². The van der Waals surface area contributed by atoms with Gasteiger partial charge < -0.3 is 10.6 Å². The highest BCUT2D eigenvalue weighted by Gasteiger charge is 2.09. The molecule has 0 aliphatic heterocycles. The molecule has 2 amide bonds. The third-order valence-electron chi connectivity index (χ3n) is 2.79. The number of carbonyl (C=O) groups excluding carboxylic acids is 2. The molecule has 5 nitrogen and oxygen atoms in total. The molecular formula is C15H14FN3O2S. The number of aromatic nitrogens is 1. The number of aryl methyl sites for hydroxylation is 1. The van der Waals surface area contributed by atoms with Gasteiger partial charge in [0.25, 0.3) is 0 Å². The van der Waals surface area contributed by atoms with Gasteiger partial charge in [-0.05, 0) is 30.7 Å². The highest BCUT2D eigenvalue weighted by atomic mass is 32.1. The lowest BCUT2D eigenvalue weighted by Gasteiger charge is -2.08. The topological polar surface area (TPSA) is 71.1 Å². The molecule has 0 spiro atoms. The summed E-state index contributed by atoms with van der Waals surface area (Å²) in [5, 5.41) is 6.88. The average Bonchev–Trinajstić information content (AvgIpc) is 3.02. The van der Waals surface area contributed by atoms with Crippen LogP contribution >= 0.6 is 11.3 Å². The fraction of sp³-hybridized carbons (Fsp3) is 0.133. The number of anilines is 2. The molecule has 0 saturated heterocycles. The molecule has 114 valence electrons. The summed E-state index contributed by atoms with van der Waals surface area (Å²) >= 11 is 1.47. The molecule has 22 heavy (non-hydrogen) atoms. The van der Waals surface area contributed by atoms with Gasteiger partial charge in [0.05, 0.1) is 16.9 Å². The molecule has 2 aromatic rings. The highest BCUT2D eigenvalue weighted by molar-refractivity contribution is 7.07. The molecule has 0 aliphatic carbocycles. The van der Waals surface area contributed by atoms with E-state index in [0.717, 1.165) is 11.8 Å². The van der Waals surface area contributed by atoms with Crippen LogP contribution in [0.5, 0.6) is 0 Å². The van der Waals surface area contributed by atoms with Gasteiger partial charge in [0, 0.05) is 17.5 Å². The van der Waals surface area contributed by atoms with Crippen LogP contribution in [0.4, 0.5) is 15.8 Å². The van der Waals surface area contributed by atoms with Crippen molar-refractivity contribution in [3.63, 3.8) is 0 Å². The van der Waals surface area contributed by atoms with Crippen molar-refractivity contribution in [3.8, 4) is 0 Å². The van der Waals surface area contributed by atoms with Gasteiger partial charge in [-0.3, -0.25) is 9.59 Å². The Hall–Kier alpha value is -2.54. The normalized spacial score (nSPS) is 10.0. The van der Waals surface area contributed by atoms with Crippen LogP contribution in [0.3, 0.4) is 0 Å². The zero-order valence-corrected chi connectivity index (χ0v) is 12.5. The van der Waals surface area contributed by atoms with Crippen molar-refractivity contribution >= 4 is 34.5 Å². The van der Waals surface area contributed by atoms with E-state index in [1.807, 2.05) is 5.38 Å². The number of nitrogens with one attached hydrogen (secondary N) is 2. The van der Waals surface area contributed by atoms with Gasteiger partial charge in [-0.2, -0.15) is 0 Å². The zero-order chi connectivity index (χ0) is 15.9. The van der Waals surface area contributed by atoms with Gasteiger partial charge in [-0.15, -0.1) is 11.3 Å². The van der Waals surface area contributed by atoms with Crippen LogP contribution < -0.4 is 10.6 Å². The molecule has 1 aromatic heterocycles. The molecule has 2 rings (SSSR count). The summed E-state index contributed by atoms with van der Waals surface area (Å²) in [5.74, 6) is -1.32. The molecule has 0 bridgehead atoms. The molecule has 0 aliphatic rings. The van der Waals surface area contributed by atoms with Crippen molar-refractivity contribution in [1.82, 2.24) is 4.98 Å². The fourth-order valence-corrected chi connectivity index (χ4v) is 2.30. The minimum atomic E-state index is -0.587. The Morgan fingerprint density at radius 3 is 2.86 bits per heavy atom. The lowest BCUT2D eigenvalue weighted by molar-refractivity contribution is -0.116. The van der Waals surface area contributed by atoms with E-state index in [-0.39, 0.29) is 18.0 Å². The van der Waals surface area contributed by atoms with Crippen LogP contribution in [0.2, 0.25) is 0 Å². The van der Waals surface area contributed by atoms with Gasteiger partial charge >= 0.3 is 0 Å². The van der Waals surface area contributed by atoms with Gasteiger partial charge in [-0.25, -0.2) is 9.37 Å². The van der Waals surface area contributed by atoms with Gasteiger partial charge in [0.15, 0.2) is 0 Å². The monoisotopic (exact) mass is 319 g/mol. The first-order valence-electron chi connectivity index (χ1n) is 6.48. The maximum atomic E-state index is 13.6. The second-order valence-corrected chi connectivity index (χ2v) is 5.13. The Kier molecular flexibility index (Phi) is 5.37. The van der Waals surface area contributed by atoms with Crippen molar-refractivity contribution in [1.29, 1.82) is 0 Å². The maximum absolute atomic E-state index is 13.6. The molecule has 0 fully saturated rings. The molecule has 1 aromatic carbocycles. The SMILES string of the molecule is C=CC(=O)Nc1cc(NC(=O)CCc2cscn2)ccc1F. The van der Waals surface area contributed by atoms with E-state index < -0.39 is 11.7 Å². The average molecular weight is 319 g/mol. The van der Waals surface area contributed by atoms with Crippen LogP contribution in [-0.4, -0.2) is 16.8 Å². The minimum absolute atomic E-state index is 0.0119. The van der Waals surface area contributed by atoms with E-state index in [1.165, 1.54) is 29.5 Å². The quantitative estimate of drug-likeness (QED) is 0.804. The predicted octanol–water partition coefficient (Wildman–Crippen LogP) is 2.98. The Balaban J connectivity index is 1.96. The largest absolute Gasteiger partial charge is 0.326 e. The lowest BCUT2D eigenvalue weighted by atomic mass is 10.2. The molecule has 1 heterocycles. The van der Waals surface area contributed by atoms with E-state index in [0.29, 0.717) is 12.1 Å². The van der Waals surface area contributed by atoms with Crippen molar-refractivity contribution in [2.24, 2.45) is 0 Å². The van der Waals surface area contributed by atoms with Crippen LogP contribution in [0, 0.1) is 5.82 Å². The minimum Gasteiger partial charge on any atom is -0.326 e. The number of carbonyl (C=O) groups is 2. The third-order valence-corrected chi connectivity index (χ3v) is 3.42. The number of hydrogen-bond donors (Lipinski definition) is 2. The van der Waals surface area contributed by atoms with E-state index in [1.54, 1.807) is 5.51 Å². The summed E-state index contributed by atoms with van der Waals surface area (Å²) in [6, 6.07) is 3.96. The molecule has 0 radical (unpaired) electrons. The Morgan fingerprint density at radius 2 is 2.18 bits per heavy atom. The number of amides is 2. The number of halogens is 1. The predicted molar refractivity (Wildman–Crippen MR) is 84.3 cm³/mol. The number of thiazole rings is 1. The van der Waals surface area contributed by atoms with Crippen molar-refractivity contribution in [2.75, 3.05) is 10.6 Å². The van der Waals surface area contributed by atoms with Crippen molar-refractivity contribution in [3.05, 3.63) is 53.3 Å². The Labute approximate surface area is 130 Å². The van der Waals surface area contributed by atoms with E-state index >= 15 is 0 Å². The van der Waals surface area contributed by atoms with E-state index in [9.17, 15) is 14.0 Å². The zero-order valence-electron chi connectivity index (χ0n) is 11.6. The van der Waals surface area contributed by atoms with Crippen LogP contribution in [0.25, 0.3) is 0 Å². The summed E-state index contributed by atoms with van der Waals surface area (Å²) in [6.45, 7) is 3.30. The standard InChI is InChI=1S/C15H14FN3O2S/c1-2-14(20)19-13-7-10(3-5-12(13)16)18-15(21)6-4-11-8-22-9-17-11/h2-3,5,7-9H,1,4,6H2,(H,18,21)(H,19,20). The third kappa shape index (κ3) is 4.49. The lowest BCUT2D eigenvalue weighted by Crippen LogP contribution is -2.14. The highest BCUT2D eigenvalue weighted by Crippen LogP contribution is 2.20. The molecule has 0 atom stereocenters. The summed E-state index contributed by atoms with van der Waals surface area (Å²) in [7, 11) is 0. The summed E-state index contributed by atoms with van der Waals surface area (Å²) in [4.78, 5) is 27.2. The Morgan fingerprint density at radius 1 is 1.36 bits per heavy atom. The number of rotatable bonds is 6. The van der Waals surface area contributed by atoms with Crippen molar-refractivity contribution in [2.45, 2.75) is 12.8 Å². The number of hydrogen-bond acceptors (Lipinski definition) is 4. The van der Waals surface area contributed by atoms with Crippen LogP contribution in [0.15, 0.2) is 41.7 Å². The molecule has 0 saturated carbocycles. The first kappa shape index (κ1) is 15.8. The first-order chi connectivity index (χ1) is 10.6. The summed E-state index contributed by atoms with van der Waals surface area (Å²) in [6.07, 6.45) is 1.85. The molecule has 0 unspecified atom stereocenters. The molecule has 2 N–H and O–H groups in total. The fourth-order valence-electron chi connectivity index (χ4n) is 1.71. The number of nitrogens with zero attached hydrogens (tertiary/aromatic N) is 1. The first-order valence-corrected chi connectivity index (χ1v) is 7.42. The maximum Gasteiger partial charge on any atom is 0.247 e. The van der Waals surface area contributed by atoms with E-state index in [2.05, 4.69) is 22.2 Å². The van der Waals surface area contributed by atoms with Gasteiger partial charge in [0.1, 0.15) is 5.82 Å². The van der Waals surface area contributed by atoms with Crippen LogP contribution in [0.1, 0.15) is 12.1 Å². The number of benzene rings is 1. The van der Waals surface area contributed by atoms with Crippen molar-refractivity contribution < 1.29 is 14.0 Å². The second kappa shape index (κ2) is 7.46. The summed E-state index contributed by atoms with van der Waals surface area (Å²) in [5.41, 5.74) is 2.96. The second-order valence-electron chi connectivity index (χ2n) is 4.42. The Bertz CT molecular complexity index is 686. The smallest absolute Gasteiger partial charge is 0.247 e. The summed E-state index contributed by atoms with van der Waals surface area (Å²) < 4.78 is 13.6. The van der Waals surface area contributed by atoms with Gasteiger partial charge in [-0.1, -0.05) is 6.58 Å². The molecular weight excluding hydrogens is 305 g/mol.